The maximum atomic E-state index is 13.1. The second-order valence-electron chi connectivity index (χ2n) is 8.27. The smallest absolute Gasteiger partial charge is 0.313 e. The topological polar surface area (TPSA) is 56.6 Å². The highest BCUT2D eigenvalue weighted by molar-refractivity contribution is 5.78. The van der Waals surface area contributed by atoms with E-state index in [1.54, 1.807) is 7.11 Å². The molecule has 0 unspecified atom stereocenters. The largest absolute Gasteiger partial charge is 0.497 e. The van der Waals surface area contributed by atoms with E-state index in [1.165, 1.54) is 5.56 Å². The number of hydrogen-bond donors (Lipinski definition) is 0. The van der Waals surface area contributed by atoms with Crippen LogP contribution in [0.1, 0.15) is 50.8 Å². The maximum Gasteiger partial charge on any atom is 0.313 e. The normalized spacial score (nSPS) is 20.0. The Kier molecular flexibility index (Phi) is 6.96. The van der Waals surface area contributed by atoms with E-state index in [2.05, 4.69) is 36.1 Å². The molecule has 6 heteroatoms. The molecular formula is C23H33N3O3. The number of aromatic nitrogens is 2. The first-order valence-electron chi connectivity index (χ1n) is 10.5. The van der Waals surface area contributed by atoms with E-state index in [1.807, 2.05) is 36.0 Å². The number of rotatable bonds is 8. The van der Waals surface area contributed by atoms with Crippen LogP contribution >= 0.6 is 0 Å². The van der Waals surface area contributed by atoms with Gasteiger partial charge in [-0.3, -0.25) is 14.4 Å². The molecule has 1 saturated heterocycles. The molecule has 0 saturated carbocycles. The SMILES string of the molecule is CCOC(=O)[C@]1(Cc2cccc(OC)c2)CCCN(Cc2cnn(C(C)C)c2)C1. The summed E-state index contributed by atoms with van der Waals surface area (Å²) in [5.74, 6) is 0.723. The first-order chi connectivity index (χ1) is 14.0. The molecule has 0 amide bonds. The third-order valence-corrected chi connectivity index (χ3v) is 5.63. The number of likely N-dealkylation sites (tertiary alicyclic amines) is 1. The van der Waals surface area contributed by atoms with Crippen LogP contribution in [0.15, 0.2) is 36.7 Å². The Balaban J connectivity index is 1.79. The van der Waals surface area contributed by atoms with Gasteiger partial charge in [0.15, 0.2) is 0 Å². The molecule has 2 aromatic rings. The van der Waals surface area contributed by atoms with E-state index in [4.69, 9.17) is 9.47 Å². The van der Waals surface area contributed by atoms with Gasteiger partial charge in [-0.1, -0.05) is 12.1 Å². The third-order valence-electron chi connectivity index (χ3n) is 5.63. The number of carbonyl (C=O) groups is 1. The van der Waals surface area contributed by atoms with Crippen molar-refractivity contribution in [1.29, 1.82) is 0 Å². The lowest BCUT2D eigenvalue weighted by Crippen LogP contribution is -2.49. The van der Waals surface area contributed by atoms with Crippen LogP contribution in [0.5, 0.6) is 5.75 Å². The van der Waals surface area contributed by atoms with Gasteiger partial charge in [0.2, 0.25) is 0 Å². The van der Waals surface area contributed by atoms with E-state index in [9.17, 15) is 4.79 Å². The number of esters is 1. The number of nitrogens with zero attached hydrogens (tertiary/aromatic N) is 3. The fourth-order valence-electron chi connectivity index (χ4n) is 4.20. The number of methoxy groups -OCH3 is 1. The van der Waals surface area contributed by atoms with Crippen molar-refractivity contribution in [2.75, 3.05) is 26.8 Å². The van der Waals surface area contributed by atoms with Crippen LogP contribution < -0.4 is 4.74 Å². The average Bonchev–Trinajstić information content (AvgIpc) is 3.17. The summed E-state index contributed by atoms with van der Waals surface area (Å²) in [6, 6.07) is 8.34. The van der Waals surface area contributed by atoms with Crippen LogP contribution in [-0.4, -0.2) is 47.5 Å². The Labute approximate surface area is 173 Å². The average molecular weight is 400 g/mol. The van der Waals surface area contributed by atoms with Crippen molar-refractivity contribution in [2.45, 2.75) is 52.6 Å². The van der Waals surface area contributed by atoms with E-state index < -0.39 is 5.41 Å². The van der Waals surface area contributed by atoms with Crippen molar-refractivity contribution < 1.29 is 14.3 Å². The van der Waals surface area contributed by atoms with Gasteiger partial charge in [-0.25, -0.2) is 0 Å². The third kappa shape index (κ3) is 5.18. The summed E-state index contributed by atoms with van der Waals surface area (Å²) in [5.41, 5.74) is 1.75. The quantitative estimate of drug-likeness (QED) is 0.631. The molecule has 1 aromatic carbocycles. The van der Waals surface area contributed by atoms with Gasteiger partial charge in [0.05, 0.1) is 25.3 Å². The summed E-state index contributed by atoms with van der Waals surface area (Å²) >= 11 is 0. The maximum absolute atomic E-state index is 13.1. The van der Waals surface area contributed by atoms with Crippen molar-refractivity contribution >= 4 is 5.97 Å². The summed E-state index contributed by atoms with van der Waals surface area (Å²) in [6.45, 7) is 8.99. The molecule has 3 rings (SSSR count). The molecule has 158 valence electrons. The molecule has 1 fully saturated rings. The van der Waals surface area contributed by atoms with E-state index in [-0.39, 0.29) is 5.97 Å². The number of benzene rings is 1. The zero-order valence-corrected chi connectivity index (χ0v) is 18.1. The van der Waals surface area contributed by atoms with Gasteiger partial charge in [-0.15, -0.1) is 0 Å². The summed E-state index contributed by atoms with van der Waals surface area (Å²) in [6.07, 6.45) is 6.51. The molecule has 1 aliphatic rings. The molecule has 2 heterocycles. The number of ether oxygens (including phenoxy) is 2. The minimum Gasteiger partial charge on any atom is -0.497 e. The highest BCUT2D eigenvalue weighted by Gasteiger charge is 2.43. The van der Waals surface area contributed by atoms with Crippen molar-refractivity contribution in [3.05, 3.63) is 47.8 Å². The molecular weight excluding hydrogens is 366 g/mol. The lowest BCUT2D eigenvalue weighted by Gasteiger charge is -2.41. The number of carbonyl (C=O) groups excluding carboxylic acids is 1. The Morgan fingerprint density at radius 2 is 2.14 bits per heavy atom. The molecule has 0 radical (unpaired) electrons. The van der Waals surface area contributed by atoms with Crippen molar-refractivity contribution in [2.24, 2.45) is 5.41 Å². The Morgan fingerprint density at radius 1 is 1.31 bits per heavy atom. The Hall–Kier alpha value is -2.34. The zero-order valence-electron chi connectivity index (χ0n) is 18.1. The summed E-state index contributed by atoms with van der Waals surface area (Å²) < 4.78 is 12.9. The highest BCUT2D eigenvalue weighted by Crippen LogP contribution is 2.36. The van der Waals surface area contributed by atoms with Gasteiger partial charge in [-0.05, 0) is 64.3 Å². The van der Waals surface area contributed by atoms with E-state index in [0.717, 1.165) is 37.2 Å². The minimum absolute atomic E-state index is 0.0922. The van der Waals surface area contributed by atoms with Crippen LogP contribution in [0, 0.1) is 5.41 Å². The van der Waals surface area contributed by atoms with Gasteiger partial charge in [0.1, 0.15) is 5.75 Å². The number of hydrogen-bond acceptors (Lipinski definition) is 5. The zero-order chi connectivity index (χ0) is 20.9. The fraction of sp³-hybridized carbons (Fsp3) is 0.565. The van der Waals surface area contributed by atoms with Crippen LogP contribution in [-0.2, 0) is 22.5 Å². The molecule has 6 nitrogen and oxygen atoms in total. The predicted molar refractivity (Wildman–Crippen MR) is 113 cm³/mol. The monoisotopic (exact) mass is 399 g/mol. The van der Waals surface area contributed by atoms with Gasteiger partial charge >= 0.3 is 5.97 Å². The molecule has 0 aliphatic carbocycles. The summed E-state index contributed by atoms with van der Waals surface area (Å²) in [7, 11) is 1.67. The van der Waals surface area contributed by atoms with Crippen molar-refractivity contribution in [3.8, 4) is 5.75 Å². The summed E-state index contributed by atoms with van der Waals surface area (Å²) in [4.78, 5) is 15.4. The number of piperidine rings is 1. The van der Waals surface area contributed by atoms with Gasteiger partial charge < -0.3 is 9.47 Å². The van der Waals surface area contributed by atoms with Gasteiger partial charge in [-0.2, -0.15) is 5.10 Å². The predicted octanol–water partition coefficient (Wildman–Crippen LogP) is 3.86. The Bertz CT molecular complexity index is 817. The molecule has 1 aromatic heterocycles. The van der Waals surface area contributed by atoms with Gasteiger partial charge in [0, 0.05) is 30.9 Å². The lowest BCUT2D eigenvalue weighted by atomic mass is 9.75. The van der Waals surface area contributed by atoms with Crippen LogP contribution in [0.25, 0.3) is 0 Å². The second-order valence-corrected chi connectivity index (χ2v) is 8.27. The van der Waals surface area contributed by atoms with Crippen LogP contribution in [0.4, 0.5) is 0 Å². The molecule has 29 heavy (non-hydrogen) atoms. The first kappa shape index (κ1) is 21.4. The van der Waals surface area contributed by atoms with Crippen LogP contribution in [0.3, 0.4) is 0 Å². The summed E-state index contributed by atoms with van der Waals surface area (Å²) in [5, 5.41) is 4.45. The molecule has 1 atom stereocenters. The lowest BCUT2D eigenvalue weighted by molar-refractivity contribution is -0.159. The van der Waals surface area contributed by atoms with E-state index >= 15 is 0 Å². The highest BCUT2D eigenvalue weighted by atomic mass is 16.5. The van der Waals surface area contributed by atoms with Gasteiger partial charge in [0.25, 0.3) is 0 Å². The fourth-order valence-corrected chi connectivity index (χ4v) is 4.20. The van der Waals surface area contributed by atoms with Crippen LogP contribution in [0.2, 0.25) is 0 Å². The van der Waals surface area contributed by atoms with Crippen molar-refractivity contribution in [1.82, 2.24) is 14.7 Å². The molecule has 0 bridgehead atoms. The molecule has 1 aliphatic heterocycles. The molecule has 0 N–H and O–H groups in total. The first-order valence-corrected chi connectivity index (χ1v) is 10.5. The van der Waals surface area contributed by atoms with E-state index in [0.29, 0.717) is 25.6 Å². The standard InChI is InChI=1S/C23H33N3O3/c1-5-29-22(27)23(13-19-8-6-9-21(12-19)28-4)10-7-11-25(17-23)15-20-14-24-26(16-20)18(2)3/h6,8-9,12,14,16,18H,5,7,10-11,13,15,17H2,1-4H3/t23-/m0/s1. The minimum atomic E-state index is -0.533. The second kappa shape index (κ2) is 9.44. The Morgan fingerprint density at radius 3 is 2.83 bits per heavy atom. The van der Waals surface area contributed by atoms with Crippen molar-refractivity contribution in [3.63, 3.8) is 0 Å². The molecule has 0 spiro atoms.